The van der Waals surface area contributed by atoms with Crippen LogP contribution in [0.15, 0.2) is 48.0 Å². The third kappa shape index (κ3) is 5.79. The van der Waals surface area contributed by atoms with E-state index in [0.29, 0.717) is 18.3 Å². The van der Waals surface area contributed by atoms with Crippen LogP contribution in [0.3, 0.4) is 0 Å². The van der Waals surface area contributed by atoms with E-state index in [1.807, 2.05) is 36.6 Å². The first-order chi connectivity index (χ1) is 13.5. The molecule has 2 heterocycles. The summed E-state index contributed by atoms with van der Waals surface area (Å²) in [5.41, 5.74) is 1.80. The Morgan fingerprint density at radius 3 is 2.96 bits per heavy atom. The van der Waals surface area contributed by atoms with Crippen molar-refractivity contribution in [3.63, 3.8) is 0 Å². The van der Waals surface area contributed by atoms with Gasteiger partial charge in [0, 0.05) is 24.1 Å². The van der Waals surface area contributed by atoms with Crippen LogP contribution in [0.25, 0.3) is 6.08 Å². The molecule has 3 aromatic rings. The van der Waals surface area contributed by atoms with Gasteiger partial charge >= 0.3 is 0 Å². The zero-order valence-corrected chi connectivity index (χ0v) is 17.1. The fraction of sp³-hybridized carbons (Fsp3) is 0.286. The molecule has 146 valence electrons. The summed E-state index contributed by atoms with van der Waals surface area (Å²) >= 11 is 1.61. The molecule has 1 aromatic carbocycles. The molecule has 0 spiro atoms. The van der Waals surface area contributed by atoms with Crippen molar-refractivity contribution in [2.24, 2.45) is 5.92 Å². The van der Waals surface area contributed by atoms with Crippen molar-refractivity contribution in [2.45, 2.75) is 33.9 Å². The second kappa shape index (κ2) is 9.32. The lowest BCUT2D eigenvalue weighted by Crippen LogP contribution is -2.15. The smallest absolute Gasteiger partial charge is 0.249 e. The van der Waals surface area contributed by atoms with Gasteiger partial charge in [0.05, 0.1) is 16.9 Å². The largest absolute Gasteiger partial charge is 0.487 e. The maximum absolute atomic E-state index is 12.2. The van der Waals surface area contributed by atoms with Crippen LogP contribution in [0.2, 0.25) is 0 Å². The number of benzene rings is 1. The van der Waals surface area contributed by atoms with E-state index in [1.165, 1.54) is 6.08 Å². The highest BCUT2D eigenvalue weighted by molar-refractivity contribution is 7.09. The van der Waals surface area contributed by atoms with Crippen molar-refractivity contribution in [3.8, 4) is 5.75 Å². The average molecular weight is 397 g/mol. The van der Waals surface area contributed by atoms with E-state index >= 15 is 0 Å². The lowest BCUT2D eigenvalue weighted by molar-refractivity contribution is -0.111. The Morgan fingerprint density at radius 1 is 1.36 bits per heavy atom. The first-order valence-corrected chi connectivity index (χ1v) is 10.0. The number of ether oxygens (including phenoxy) is 1. The number of anilines is 1. The van der Waals surface area contributed by atoms with Gasteiger partial charge in [0.15, 0.2) is 0 Å². The van der Waals surface area contributed by atoms with Crippen molar-refractivity contribution in [3.05, 3.63) is 64.2 Å². The van der Waals surface area contributed by atoms with Gasteiger partial charge in [0.2, 0.25) is 5.91 Å². The van der Waals surface area contributed by atoms with E-state index < -0.39 is 0 Å². The molecule has 0 atom stereocenters. The topological polar surface area (TPSA) is 69.0 Å². The zero-order chi connectivity index (χ0) is 19.9. The summed E-state index contributed by atoms with van der Waals surface area (Å²) in [4.78, 5) is 16.6. The molecule has 28 heavy (non-hydrogen) atoms. The Kier molecular flexibility index (Phi) is 6.60. The van der Waals surface area contributed by atoms with Gasteiger partial charge in [-0.05, 0) is 36.6 Å². The predicted molar refractivity (Wildman–Crippen MR) is 112 cm³/mol. The number of hydrogen-bond acceptors (Lipinski definition) is 5. The van der Waals surface area contributed by atoms with E-state index in [-0.39, 0.29) is 5.91 Å². The highest BCUT2D eigenvalue weighted by atomic mass is 32.1. The Balaban J connectivity index is 1.57. The van der Waals surface area contributed by atoms with E-state index in [9.17, 15) is 4.79 Å². The Bertz CT molecular complexity index is 959. The highest BCUT2D eigenvalue weighted by Crippen LogP contribution is 2.17. The van der Waals surface area contributed by atoms with Crippen LogP contribution >= 0.6 is 11.3 Å². The number of aromatic nitrogens is 3. The second-order valence-electron chi connectivity index (χ2n) is 6.83. The summed E-state index contributed by atoms with van der Waals surface area (Å²) in [5, 5.41) is 10.1. The number of carbonyl (C=O) groups is 1. The molecule has 0 radical (unpaired) electrons. The fourth-order valence-electron chi connectivity index (χ4n) is 2.61. The van der Waals surface area contributed by atoms with Gasteiger partial charge in [0.25, 0.3) is 0 Å². The maximum atomic E-state index is 12.2. The van der Waals surface area contributed by atoms with Gasteiger partial charge in [-0.2, -0.15) is 5.10 Å². The average Bonchev–Trinajstić information content (AvgIpc) is 3.27. The lowest BCUT2D eigenvalue weighted by Gasteiger charge is -2.09. The molecule has 0 aliphatic rings. The van der Waals surface area contributed by atoms with Crippen LogP contribution in [0.4, 0.5) is 5.82 Å². The van der Waals surface area contributed by atoms with Crippen LogP contribution in [0.5, 0.6) is 5.75 Å². The van der Waals surface area contributed by atoms with Crippen molar-refractivity contribution in [1.82, 2.24) is 14.8 Å². The molecule has 7 heteroatoms. The lowest BCUT2D eigenvalue weighted by atomic mass is 10.2. The van der Waals surface area contributed by atoms with Crippen molar-refractivity contribution in [2.75, 3.05) is 5.32 Å². The molecular formula is C21H24N4O2S. The monoisotopic (exact) mass is 396 g/mol. The molecule has 0 fully saturated rings. The minimum absolute atomic E-state index is 0.199. The minimum atomic E-state index is -0.199. The van der Waals surface area contributed by atoms with E-state index in [2.05, 4.69) is 29.2 Å². The molecule has 1 amide bonds. The fourth-order valence-corrected chi connectivity index (χ4v) is 3.21. The summed E-state index contributed by atoms with van der Waals surface area (Å²) in [5.74, 6) is 1.68. The SMILES string of the molecule is Cc1nc(COc2cccc(/C=C/C(=O)Nc3ccnn3CC(C)C)c2)cs1. The van der Waals surface area contributed by atoms with Crippen molar-refractivity contribution in [1.29, 1.82) is 0 Å². The van der Waals surface area contributed by atoms with Gasteiger partial charge in [-0.1, -0.05) is 26.0 Å². The van der Waals surface area contributed by atoms with E-state index in [1.54, 1.807) is 34.4 Å². The molecule has 0 bridgehead atoms. The molecule has 0 saturated carbocycles. The minimum Gasteiger partial charge on any atom is -0.487 e. The van der Waals surface area contributed by atoms with Crippen LogP contribution < -0.4 is 10.1 Å². The number of carbonyl (C=O) groups excluding carboxylic acids is 1. The van der Waals surface area contributed by atoms with Crippen LogP contribution in [-0.2, 0) is 17.9 Å². The van der Waals surface area contributed by atoms with Gasteiger partial charge in [0.1, 0.15) is 18.2 Å². The summed E-state index contributed by atoms with van der Waals surface area (Å²) in [6.45, 7) is 7.37. The van der Waals surface area contributed by atoms with Gasteiger partial charge < -0.3 is 10.1 Å². The third-order valence-corrected chi connectivity index (χ3v) is 4.67. The summed E-state index contributed by atoms with van der Waals surface area (Å²) in [6.07, 6.45) is 4.96. The normalized spacial score (nSPS) is 11.3. The van der Waals surface area contributed by atoms with Gasteiger partial charge in [-0.15, -0.1) is 11.3 Å². The number of amides is 1. The molecule has 0 saturated heterocycles. The first-order valence-electron chi connectivity index (χ1n) is 9.14. The Morgan fingerprint density at radius 2 is 2.21 bits per heavy atom. The predicted octanol–water partition coefficient (Wildman–Crippen LogP) is 4.53. The summed E-state index contributed by atoms with van der Waals surface area (Å²) < 4.78 is 7.59. The number of thiazole rings is 1. The highest BCUT2D eigenvalue weighted by Gasteiger charge is 2.06. The van der Waals surface area contributed by atoms with E-state index in [4.69, 9.17) is 4.74 Å². The van der Waals surface area contributed by atoms with Crippen LogP contribution in [0, 0.1) is 12.8 Å². The van der Waals surface area contributed by atoms with Crippen molar-refractivity contribution >= 4 is 29.1 Å². The van der Waals surface area contributed by atoms with Gasteiger partial charge in [-0.3, -0.25) is 4.79 Å². The molecule has 1 N–H and O–H groups in total. The molecule has 0 aliphatic carbocycles. The second-order valence-corrected chi connectivity index (χ2v) is 7.90. The third-order valence-electron chi connectivity index (χ3n) is 3.84. The molecule has 3 rings (SSSR count). The molecule has 6 nitrogen and oxygen atoms in total. The molecule has 0 aliphatic heterocycles. The molecule has 0 unspecified atom stereocenters. The first kappa shape index (κ1) is 19.8. The maximum Gasteiger partial charge on any atom is 0.249 e. The Labute approximate surface area is 168 Å². The number of nitrogens with one attached hydrogen (secondary N) is 1. The molecule has 2 aromatic heterocycles. The zero-order valence-electron chi connectivity index (χ0n) is 16.3. The number of nitrogens with zero attached hydrogens (tertiary/aromatic N) is 3. The quantitative estimate of drug-likeness (QED) is 0.568. The standard InChI is InChI=1S/C21H24N4O2S/c1-15(2)12-25-20(9-10-22-25)24-21(26)8-7-17-5-4-6-19(11-17)27-13-18-14-28-16(3)23-18/h4-11,14-15H,12-13H2,1-3H3,(H,24,26)/b8-7+. The summed E-state index contributed by atoms with van der Waals surface area (Å²) in [6, 6.07) is 9.40. The van der Waals surface area contributed by atoms with Crippen molar-refractivity contribution < 1.29 is 9.53 Å². The van der Waals surface area contributed by atoms with Gasteiger partial charge in [-0.25, -0.2) is 9.67 Å². The Hall–Kier alpha value is -2.93. The van der Waals surface area contributed by atoms with E-state index in [0.717, 1.165) is 28.6 Å². The number of hydrogen-bond donors (Lipinski definition) is 1. The summed E-state index contributed by atoms with van der Waals surface area (Å²) in [7, 11) is 0. The van der Waals surface area contributed by atoms with Crippen LogP contribution in [-0.4, -0.2) is 20.7 Å². The molecular weight excluding hydrogens is 372 g/mol. The number of rotatable bonds is 8. The van der Waals surface area contributed by atoms with Crippen LogP contribution in [0.1, 0.15) is 30.1 Å². The number of aryl methyl sites for hydroxylation is 1.